The maximum atomic E-state index is 12.6. The molecule has 2 heterocycles. The van der Waals surface area contributed by atoms with E-state index >= 15 is 0 Å². The number of benzene rings is 1. The highest BCUT2D eigenvalue weighted by Gasteiger charge is 2.33. The number of carbonyl (C=O) groups is 1. The number of aromatic nitrogens is 2. The van der Waals surface area contributed by atoms with Gasteiger partial charge in [0.15, 0.2) is 0 Å². The lowest BCUT2D eigenvalue weighted by atomic mass is 10.0. The molecule has 5 heteroatoms. The van der Waals surface area contributed by atoms with Gasteiger partial charge in [-0.2, -0.15) is 5.10 Å². The molecule has 122 valence electrons. The van der Waals surface area contributed by atoms with Crippen molar-refractivity contribution >= 4 is 5.91 Å². The minimum absolute atomic E-state index is 0.0740. The van der Waals surface area contributed by atoms with Crippen LogP contribution in [0.4, 0.5) is 0 Å². The Morgan fingerprint density at radius 1 is 1.35 bits per heavy atom. The van der Waals surface area contributed by atoms with Crippen LogP contribution in [-0.2, 0) is 16.0 Å². The molecule has 1 saturated heterocycles. The Kier molecular flexibility index (Phi) is 4.22. The molecular formula is C18H23N3O2. The second kappa shape index (κ2) is 6.16. The summed E-state index contributed by atoms with van der Waals surface area (Å²) in [6.45, 7) is 7.37. The van der Waals surface area contributed by atoms with Crippen molar-refractivity contribution in [3.8, 4) is 5.69 Å². The molecular weight excluding hydrogens is 290 g/mol. The Balaban J connectivity index is 1.66. The molecule has 3 rings (SSSR count). The van der Waals surface area contributed by atoms with Crippen LogP contribution in [0.2, 0.25) is 0 Å². The monoisotopic (exact) mass is 313 g/mol. The Hall–Kier alpha value is -2.14. The quantitative estimate of drug-likeness (QED) is 0.874. The highest BCUT2D eigenvalue weighted by Crippen LogP contribution is 2.21. The Labute approximate surface area is 136 Å². The van der Waals surface area contributed by atoms with Crippen molar-refractivity contribution in [1.29, 1.82) is 0 Å². The Morgan fingerprint density at radius 3 is 2.70 bits per heavy atom. The van der Waals surface area contributed by atoms with Crippen LogP contribution in [0.1, 0.15) is 26.3 Å². The summed E-state index contributed by atoms with van der Waals surface area (Å²) >= 11 is 0. The summed E-state index contributed by atoms with van der Waals surface area (Å²) in [5, 5.41) is 4.20. The third-order valence-corrected chi connectivity index (χ3v) is 3.98. The van der Waals surface area contributed by atoms with Gasteiger partial charge in [-0.3, -0.25) is 4.79 Å². The second-order valence-corrected chi connectivity index (χ2v) is 6.76. The molecule has 1 fully saturated rings. The first-order chi connectivity index (χ1) is 10.9. The van der Waals surface area contributed by atoms with Crippen LogP contribution < -0.4 is 0 Å². The summed E-state index contributed by atoms with van der Waals surface area (Å²) in [6.07, 6.45) is 4.14. The van der Waals surface area contributed by atoms with Gasteiger partial charge in [0, 0.05) is 25.5 Å². The zero-order valence-corrected chi connectivity index (χ0v) is 13.9. The van der Waals surface area contributed by atoms with Crippen molar-refractivity contribution in [2.45, 2.75) is 38.9 Å². The molecule has 2 aromatic rings. The summed E-state index contributed by atoms with van der Waals surface area (Å²) in [6, 6.07) is 9.84. The van der Waals surface area contributed by atoms with Gasteiger partial charge in [0.1, 0.15) is 0 Å². The highest BCUT2D eigenvalue weighted by atomic mass is 16.5. The number of hydrogen-bond acceptors (Lipinski definition) is 3. The summed E-state index contributed by atoms with van der Waals surface area (Å²) in [5.41, 5.74) is 1.73. The number of ether oxygens (including phenoxy) is 1. The van der Waals surface area contributed by atoms with Crippen LogP contribution in [-0.4, -0.2) is 45.4 Å². The molecule has 0 bridgehead atoms. The van der Waals surface area contributed by atoms with Gasteiger partial charge < -0.3 is 9.64 Å². The predicted octanol–water partition coefficient (Wildman–Crippen LogP) is 2.44. The number of morpholine rings is 1. The van der Waals surface area contributed by atoms with Crippen LogP contribution >= 0.6 is 0 Å². The maximum absolute atomic E-state index is 12.6. The van der Waals surface area contributed by atoms with Crippen LogP contribution in [0.25, 0.3) is 5.69 Å². The second-order valence-electron chi connectivity index (χ2n) is 6.76. The molecule has 1 atom stereocenters. The average molecular weight is 313 g/mol. The van der Waals surface area contributed by atoms with Crippen molar-refractivity contribution in [3.63, 3.8) is 0 Å². The smallest absolute Gasteiger partial charge is 0.227 e. The summed E-state index contributed by atoms with van der Waals surface area (Å²) in [5.74, 6) is 0.153. The Bertz CT molecular complexity index is 662. The zero-order chi connectivity index (χ0) is 16.4. The fourth-order valence-electron chi connectivity index (χ4n) is 3.12. The van der Waals surface area contributed by atoms with E-state index in [0.29, 0.717) is 19.5 Å². The molecule has 23 heavy (non-hydrogen) atoms. The number of hydrogen-bond donors (Lipinski definition) is 0. The summed E-state index contributed by atoms with van der Waals surface area (Å²) in [7, 11) is 0. The van der Waals surface area contributed by atoms with Gasteiger partial charge >= 0.3 is 0 Å². The number of carbonyl (C=O) groups excluding carboxylic acids is 1. The summed E-state index contributed by atoms with van der Waals surface area (Å²) < 4.78 is 7.66. The van der Waals surface area contributed by atoms with E-state index in [1.807, 2.05) is 62.2 Å². The van der Waals surface area contributed by atoms with Gasteiger partial charge in [-0.25, -0.2) is 4.68 Å². The van der Waals surface area contributed by atoms with Crippen LogP contribution in [0, 0.1) is 0 Å². The first-order valence-corrected chi connectivity index (χ1v) is 7.97. The highest BCUT2D eigenvalue weighted by molar-refractivity contribution is 5.79. The molecule has 0 saturated carbocycles. The topological polar surface area (TPSA) is 47.4 Å². The van der Waals surface area contributed by atoms with Gasteiger partial charge in [0.2, 0.25) is 5.91 Å². The van der Waals surface area contributed by atoms with Gasteiger partial charge in [-0.1, -0.05) is 12.1 Å². The number of amides is 1. The molecule has 1 aliphatic rings. The van der Waals surface area contributed by atoms with Crippen LogP contribution in [0.15, 0.2) is 42.7 Å². The minimum atomic E-state index is -0.280. The molecule has 1 amide bonds. The van der Waals surface area contributed by atoms with Crippen molar-refractivity contribution in [3.05, 3.63) is 48.3 Å². The number of rotatable bonds is 3. The third kappa shape index (κ3) is 3.79. The minimum Gasteiger partial charge on any atom is -0.369 e. The van der Waals surface area contributed by atoms with Crippen molar-refractivity contribution in [2.24, 2.45) is 0 Å². The lowest BCUT2D eigenvalue weighted by Crippen LogP contribution is -2.54. The molecule has 1 aromatic carbocycles. The lowest BCUT2D eigenvalue weighted by molar-refractivity contribution is -0.157. The predicted molar refractivity (Wildman–Crippen MR) is 88.5 cm³/mol. The maximum Gasteiger partial charge on any atom is 0.227 e. The normalized spacial score (nSPS) is 20.5. The summed E-state index contributed by atoms with van der Waals surface area (Å²) in [4.78, 5) is 14.5. The fraction of sp³-hybridized carbons (Fsp3) is 0.444. The Morgan fingerprint density at radius 2 is 2.09 bits per heavy atom. The fourth-order valence-corrected chi connectivity index (χ4v) is 3.12. The third-order valence-electron chi connectivity index (χ3n) is 3.98. The van der Waals surface area contributed by atoms with E-state index in [4.69, 9.17) is 4.74 Å². The molecule has 0 N–H and O–H groups in total. The molecule has 1 aliphatic heterocycles. The lowest BCUT2D eigenvalue weighted by Gasteiger charge is -2.41. The molecule has 1 aromatic heterocycles. The zero-order valence-electron chi connectivity index (χ0n) is 13.9. The average Bonchev–Trinajstić information content (AvgIpc) is 3.00. The molecule has 5 nitrogen and oxygen atoms in total. The van der Waals surface area contributed by atoms with Gasteiger partial charge in [-0.05, 0) is 44.5 Å². The van der Waals surface area contributed by atoms with Gasteiger partial charge in [0.25, 0.3) is 0 Å². The number of nitrogens with zero attached hydrogens (tertiary/aromatic N) is 3. The van der Waals surface area contributed by atoms with Gasteiger partial charge in [0.05, 0.1) is 23.8 Å². The largest absolute Gasteiger partial charge is 0.369 e. The van der Waals surface area contributed by atoms with E-state index in [1.54, 1.807) is 10.9 Å². The van der Waals surface area contributed by atoms with E-state index in [-0.39, 0.29) is 17.6 Å². The van der Waals surface area contributed by atoms with Crippen LogP contribution in [0.3, 0.4) is 0 Å². The van der Waals surface area contributed by atoms with E-state index in [1.165, 1.54) is 0 Å². The van der Waals surface area contributed by atoms with E-state index in [0.717, 1.165) is 11.3 Å². The van der Waals surface area contributed by atoms with Gasteiger partial charge in [-0.15, -0.1) is 0 Å². The van der Waals surface area contributed by atoms with Crippen molar-refractivity contribution in [1.82, 2.24) is 14.7 Å². The molecule has 0 unspecified atom stereocenters. The van der Waals surface area contributed by atoms with Crippen molar-refractivity contribution < 1.29 is 9.53 Å². The van der Waals surface area contributed by atoms with E-state index in [2.05, 4.69) is 5.10 Å². The molecule has 0 radical (unpaired) electrons. The standard InChI is InChI=1S/C18H23N3O2/c1-14-12-20(13-18(2,3)23-14)17(22)11-15-5-7-16(8-6-15)21-10-4-9-19-21/h4-10,14H,11-13H2,1-3H3/t14-/m0/s1. The van der Waals surface area contributed by atoms with Crippen LogP contribution in [0.5, 0.6) is 0 Å². The van der Waals surface area contributed by atoms with E-state index < -0.39 is 0 Å². The first-order valence-electron chi connectivity index (χ1n) is 7.97. The molecule has 0 aliphatic carbocycles. The van der Waals surface area contributed by atoms with E-state index in [9.17, 15) is 4.79 Å². The first kappa shape index (κ1) is 15.7. The molecule has 0 spiro atoms. The SMILES string of the molecule is C[C@H]1CN(C(=O)Cc2ccc(-n3cccn3)cc2)CC(C)(C)O1. The van der Waals surface area contributed by atoms with Crippen molar-refractivity contribution in [2.75, 3.05) is 13.1 Å².